The summed E-state index contributed by atoms with van der Waals surface area (Å²) < 4.78 is 7.91. The monoisotopic (exact) mass is 601 g/mol. The standard InChI is InChI=1S/C32H37N3O3S.C4H10/c1-9-19(2)35-18-25(11-10-20(3)36)26(17-29(37)38-32(6,7)8)30(35)24-13-14-27-23(16-24)12-15-28(34-27)31-21(4)33-22(5)39-31;1-3-4-2/h10-16,18-19,36H,3,9,17H2,1-2,4-8H3;3-4H2,1-2H3/b11-10+;. The lowest BCUT2D eigenvalue weighted by Crippen LogP contribution is -2.25. The first-order valence-corrected chi connectivity index (χ1v) is 16.0. The van der Waals surface area contributed by atoms with Gasteiger partial charge < -0.3 is 14.4 Å². The van der Waals surface area contributed by atoms with Crippen LogP contribution in [0.1, 0.15) is 95.6 Å². The van der Waals surface area contributed by atoms with E-state index in [1.54, 1.807) is 23.5 Å². The SMILES string of the molecule is C=C(O)/C=C/c1cn(C(C)CC)c(-c2ccc3nc(-c4sc(C)nc4C)ccc3c2)c1CC(=O)OC(C)(C)C.CCCC. The molecule has 0 saturated heterocycles. The summed E-state index contributed by atoms with van der Waals surface area (Å²) in [5.74, 6) is -0.347. The largest absolute Gasteiger partial charge is 0.509 e. The highest BCUT2D eigenvalue weighted by molar-refractivity contribution is 7.15. The van der Waals surface area contributed by atoms with E-state index >= 15 is 0 Å². The molecule has 7 heteroatoms. The number of aliphatic hydroxyl groups is 1. The Morgan fingerprint density at radius 3 is 2.37 bits per heavy atom. The van der Waals surface area contributed by atoms with Crippen LogP contribution >= 0.6 is 11.3 Å². The molecular formula is C36H47N3O3S. The Bertz CT molecular complexity index is 1600. The van der Waals surface area contributed by atoms with Gasteiger partial charge in [0.25, 0.3) is 0 Å². The van der Waals surface area contributed by atoms with Crippen LogP contribution in [0.4, 0.5) is 0 Å². The zero-order valence-electron chi connectivity index (χ0n) is 27.2. The number of allylic oxidation sites excluding steroid dienone is 1. The van der Waals surface area contributed by atoms with Crippen molar-refractivity contribution in [1.82, 2.24) is 14.5 Å². The summed E-state index contributed by atoms with van der Waals surface area (Å²) in [5.41, 5.74) is 5.86. The Hall–Kier alpha value is -3.71. The quantitative estimate of drug-likeness (QED) is 0.117. The van der Waals surface area contributed by atoms with Crippen LogP contribution in [-0.4, -0.2) is 31.2 Å². The van der Waals surface area contributed by atoms with Gasteiger partial charge in [-0.3, -0.25) is 4.79 Å². The number of aromatic nitrogens is 3. The minimum Gasteiger partial charge on any atom is -0.509 e. The molecule has 0 aliphatic heterocycles. The van der Waals surface area contributed by atoms with Gasteiger partial charge in [0.05, 0.1) is 38.9 Å². The Morgan fingerprint density at radius 1 is 1.12 bits per heavy atom. The number of fused-ring (bicyclic) bond motifs is 1. The molecule has 0 saturated carbocycles. The molecule has 4 rings (SSSR count). The van der Waals surface area contributed by atoms with Gasteiger partial charge in [-0.15, -0.1) is 11.3 Å². The van der Waals surface area contributed by atoms with Crippen molar-refractivity contribution < 1.29 is 14.6 Å². The summed E-state index contributed by atoms with van der Waals surface area (Å²) in [4.78, 5) is 23.6. The molecule has 43 heavy (non-hydrogen) atoms. The van der Waals surface area contributed by atoms with Crippen LogP contribution in [0, 0.1) is 13.8 Å². The first-order chi connectivity index (χ1) is 20.3. The summed E-state index contributed by atoms with van der Waals surface area (Å²) in [6.45, 7) is 21.9. The average Bonchev–Trinajstić information content (AvgIpc) is 3.48. The molecule has 1 N–H and O–H groups in total. The molecule has 0 amide bonds. The number of ether oxygens (including phenoxy) is 1. The number of pyridine rings is 1. The second kappa shape index (κ2) is 14.6. The van der Waals surface area contributed by atoms with E-state index in [0.29, 0.717) is 0 Å². The van der Waals surface area contributed by atoms with Crippen LogP contribution in [0.25, 0.3) is 38.8 Å². The van der Waals surface area contributed by atoms with Crippen molar-refractivity contribution in [2.75, 3.05) is 0 Å². The van der Waals surface area contributed by atoms with Crippen molar-refractivity contribution in [2.45, 2.75) is 99.6 Å². The summed E-state index contributed by atoms with van der Waals surface area (Å²) in [6, 6.07) is 10.6. The van der Waals surface area contributed by atoms with Crippen molar-refractivity contribution in [3.8, 4) is 21.8 Å². The van der Waals surface area contributed by atoms with E-state index in [2.05, 4.69) is 62.0 Å². The zero-order valence-corrected chi connectivity index (χ0v) is 28.1. The van der Waals surface area contributed by atoms with Crippen molar-refractivity contribution in [1.29, 1.82) is 0 Å². The number of carbonyl (C=O) groups excluding carboxylic acids is 1. The fraction of sp³-hybridized carbons (Fsp3) is 0.417. The average molecular weight is 602 g/mol. The summed E-state index contributed by atoms with van der Waals surface area (Å²) in [7, 11) is 0. The van der Waals surface area contributed by atoms with Crippen molar-refractivity contribution in [3.05, 3.63) is 76.8 Å². The number of aliphatic hydroxyl groups excluding tert-OH is 1. The van der Waals surface area contributed by atoms with Gasteiger partial charge in [0.1, 0.15) is 11.4 Å². The topological polar surface area (TPSA) is 77.2 Å². The van der Waals surface area contributed by atoms with E-state index in [4.69, 9.17) is 9.72 Å². The van der Waals surface area contributed by atoms with Gasteiger partial charge in [-0.1, -0.05) is 52.3 Å². The van der Waals surface area contributed by atoms with E-state index in [1.807, 2.05) is 52.9 Å². The molecule has 0 radical (unpaired) electrons. The number of thiazole rings is 1. The van der Waals surface area contributed by atoms with Crippen LogP contribution in [0.15, 0.2) is 54.9 Å². The molecule has 230 valence electrons. The highest BCUT2D eigenvalue weighted by atomic mass is 32.1. The van der Waals surface area contributed by atoms with Crippen molar-refractivity contribution in [2.24, 2.45) is 0 Å². The first kappa shape index (κ1) is 33.8. The molecule has 3 aromatic heterocycles. The Morgan fingerprint density at radius 2 is 1.81 bits per heavy atom. The lowest BCUT2D eigenvalue weighted by molar-refractivity contribution is -0.153. The molecule has 0 aliphatic rings. The fourth-order valence-electron chi connectivity index (χ4n) is 4.66. The van der Waals surface area contributed by atoms with Crippen molar-refractivity contribution in [3.63, 3.8) is 0 Å². The molecule has 0 bridgehead atoms. The molecular weight excluding hydrogens is 554 g/mol. The third-order valence-electron chi connectivity index (χ3n) is 7.03. The van der Waals surface area contributed by atoms with Crippen LogP contribution < -0.4 is 0 Å². The number of unbranched alkanes of at least 4 members (excludes halogenated alkanes) is 1. The fourth-order valence-corrected chi connectivity index (χ4v) is 5.55. The van der Waals surface area contributed by atoms with E-state index in [0.717, 1.165) is 61.0 Å². The van der Waals surface area contributed by atoms with Gasteiger partial charge in [0, 0.05) is 17.6 Å². The van der Waals surface area contributed by atoms with Gasteiger partial charge in [0.15, 0.2) is 0 Å². The summed E-state index contributed by atoms with van der Waals surface area (Å²) >= 11 is 1.65. The van der Waals surface area contributed by atoms with Crippen LogP contribution in [0.2, 0.25) is 0 Å². The predicted octanol–water partition coefficient (Wildman–Crippen LogP) is 10.2. The maximum atomic E-state index is 13.0. The van der Waals surface area contributed by atoms with Crippen molar-refractivity contribution >= 4 is 34.3 Å². The van der Waals surface area contributed by atoms with E-state index < -0.39 is 5.60 Å². The van der Waals surface area contributed by atoms with Gasteiger partial charge in [-0.25, -0.2) is 9.97 Å². The highest BCUT2D eigenvalue weighted by Crippen LogP contribution is 2.36. The Balaban J connectivity index is 0.00000119. The van der Waals surface area contributed by atoms with E-state index in [9.17, 15) is 9.90 Å². The number of carbonyl (C=O) groups is 1. The van der Waals surface area contributed by atoms with Crippen LogP contribution in [-0.2, 0) is 16.0 Å². The Labute approximate surface area is 261 Å². The third-order valence-corrected chi connectivity index (χ3v) is 8.13. The molecule has 0 fully saturated rings. The molecule has 1 unspecified atom stereocenters. The predicted molar refractivity (Wildman–Crippen MR) is 182 cm³/mol. The van der Waals surface area contributed by atoms with E-state index in [1.165, 1.54) is 12.8 Å². The van der Waals surface area contributed by atoms with Gasteiger partial charge in [0.2, 0.25) is 0 Å². The molecule has 1 aromatic carbocycles. The second-order valence-corrected chi connectivity index (χ2v) is 13.1. The lowest BCUT2D eigenvalue weighted by Gasteiger charge is -2.21. The maximum Gasteiger partial charge on any atom is 0.310 e. The highest BCUT2D eigenvalue weighted by Gasteiger charge is 2.24. The third kappa shape index (κ3) is 8.90. The molecule has 6 nitrogen and oxygen atoms in total. The van der Waals surface area contributed by atoms with Gasteiger partial charge >= 0.3 is 5.97 Å². The van der Waals surface area contributed by atoms with Gasteiger partial charge in [-0.05, 0) is 95.0 Å². The first-order valence-electron chi connectivity index (χ1n) is 15.1. The zero-order chi connectivity index (χ0) is 31.9. The number of hydrogen-bond acceptors (Lipinski definition) is 6. The molecule has 1 atom stereocenters. The van der Waals surface area contributed by atoms with Crippen LogP contribution in [0.3, 0.4) is 0 Å². The summed E-state index contributed by atoms with van der Waals surface area (Å²) in [5, 5.41) is 11.8. The molecule has 0 aliphatic carbocycles. The van der Waals surface area contributed by atoms with E-state index in [-0.39, 0.29) is 24.2 Å². The normalized spacial score (nSPS) is 12.3. The van der Waals surface area contributed by atoms with Crippen LogP contribution in [0.5, 0.6) is 0 Å². The number of benzene rings is 1. The molecule has 0 spiro atoms. The molecule has 3 heterocycles. The number of rotatable bonds is 9. The number of nitrogens with zero attached hydrogens (tertiary/aromatic N) is 3. The number of hydrogen-bond donors (Lipinski definition) is 1. The molecule has 4 aromatic rings. The van der Waals surface area contributed by atoms with Gasteiger partial charge in [-0.2, -0.15) is 0 Å². The smallest absolute Gasteiger partial charge is 0.310 e. The number of esters is 1. The second-order valence-electron chi connectivity index (χ2n) is 11.9. The minimum absolute atomic E-state index is 0.0463. The minimum atomic E-state index is -0.590. The Kier molecular flexibility index (Phi) is 11.5. The summed E-state index contributed by atoms with van der Waals surface area (Å²) in [6.07, 6.45) is 9.05. The lowest BCUT2D eigenvalue weighted by atomic mass is 9.99. The maximum absolute atomic E-state index is 13.0. The number of aryl methyl sites for hydroxylation is 2.